The maximum atomic E-state index is 13.7. The second-order valence-corrected chi connectivity index (χ2v) is 10.8. The summed E-state index contributed by atoms with van der Waals surface area (Å²) in [6, 6.07) is 7.38. The molecule has 1 fully saturated rings. The molecular weight excluding hydrogens is 456 g/mol. The van der Waals surface area contributed by atoms with Crippen molar-refractivity contribution in [1.82, 2.24) is 4.98 Å². The number of halogens is 1. The number of carbonyl (C=O) groups is 1. The first-order valence-electron chi connectivity index (χ1n) is 11.5. The fraction of sp³-hybridized carbons (Fsp3) is 0.462. The summed E-state index contributed by atoms with van der Waals surface area (Å²) in [6.45, 7) is 4.85. The summed E-state index contributed by atoms with van der Waals surface area (Å²) in [4.78, 5) is 27.3. The van der Waals surface area contributed by atoms with Crippen LogP contribution in [0.4, 0.5) is 4.39 Å². The van der Waals surface area contributed by atoms with Crippen molar-refractivity contribution in [3.63, 3.8) is 0 Å². The van der Waals surface area contributed by atoms with E-state index in [1.807, 2.05) is 19.8 Å². The smallest absolute Gasteiger partial charge is 0.335 e. The fourth-order valence-electron chi connectivity index (χ4n) is 4.94. The number of pyridine rings is 1. The first kappa shape index (κ1) is 26.1. The van der Waals surface area contributed by atoms with Crippen molar-refractivity contribution >= 4 is 14.0 Å². The van der Waals surface area contributed by atoms with E-state index in [9.17, 15) is 28.9 Å². The molecule has 1 aromatic carbocycles. The van der Waals surface area contributed by atoms with Crippen LogP contribution in [0.5, 0.6) is 0 Å². The van der Waals surface area contributed by atoms with Gasteiger partial charge in [-0.05, 0) is 55.0 Å². The molecule has 8 heteroatoms. The third-order valence-corrected chi connectivity index (χ3v) is 8.35. The van der Waals surface area contributed by atoms with Crippen LogP contribution in [0.1, 0.15) is 81.7 Å². The monoisotopic (exact) mass is 487 g/mol. The Labute approximate surface area is 200 Å². The number of carboxylic acids is 1. The average Bonchev–Trinajstić information content (AvgIpc) is 2.79. The summed E-state index contributed by atoms with van der Waals surface area (Å²) < 4.78 is 26.2. The maximum absolute atomic E-state index is 13.7. The minimum atomic E-state index is -3.99. The lowest BCUT2D eigenvalue weighted by Crippen LogP contribution is -2.53. The summed E-state index contributed by atoms with van der Waals surface area (Å²) in [5, 5.41) is 19.0. The Bertz CT molecular complexity index is 1120. The van der Waals surface area contributed by atoms with Crippen LogP contribution in [0, 0.1) is 18.2 Å². The van der Waals surface area contributed by atoms with Gasteiger partial charge in [0.2, 0.25) is 13.2 Å². The highest BCUT2D eigenvalue weighted by Crippen LogP contribution is 2.52. The van der Waals surface area contributed by atoms with Crippen molar-refractivity contribution in [1.29, 1.82) is 0 Å². The van der Waals surface area contributed by atoms with Crippen molar-refractivity contribution < 1.29 is 28.9 Å². The van der Waals surface area contributed by atoms with Crippen LogP contribution in [0.15, 0.2) is 30.3 Å². The minimum absolute atomic E-state index is 0.0708. The Morgan fingerprint density at radius 1 is 1.24 bits per heavy atom. The van der Waals surface area contributed by atoms with Gasteiger partial charge in [0.05, 0.1) is 0 Å². The lowest BCUT2D eigenvalue weighted by atomic mass is 9.75. The predicted octanol–water partition coefficient (Wildman–Crippen LogP) is 5.19. The SMILES string of the molecule is C#CC(C(=O)O)([PH](=O)O)C(C)(O)c1c(-c2ccc(F)cc2)cc(C2CCCCC2)nc1C(C)C. The van der Waals surface area contributed by atoms with Gasteiger partial charge in [-0.25, -0.2) is 9.18 Å². The van der Waals surface area contributed by atoms with Gasteiger partial charge in [-0.15, -0.1) is 6.42 Å². The number of rotatable bonds is 7. The number of aliphatic hydroxyl groups is 1. The van der Waals surface area contributed by atoms with Gasteiger partial charge in [-0.2, -0.15) is 0 Å². The Balaban J connectivity index is 2.43. The van der Waals surface area contributed by atoms with E-state index < -0.39 is 30.6 Å². The molecule has 2 aromatic rings. The highest BCUT2D eigenvalue weighted by Gasteiger charge is 2.60. The summed E-state index contributed by atoms with van der Waals surface area (Å²) in [7, 11) is -3.99. The van der Waals surface area contributed by atoms with Gasteiger partial charge in [-0.3, -0.25) is 9.55 Å². The van der Waals surface area contributed by atoms with Gasteiger partial charge in [-0.1, -0.05) is 51.2 Å². The number of nitrogens with zero attached hydrogens (tertiary/aromatic N) is 1. The number of hydrogen-bond donors (Lipinski definition) is 3. The number of aromatic nitrogens is 1. The molecular formula is C26H31FNO5P. The Hall–Kier alpha value is -2.52. The quantitative estimate of drug-likeness (QED) is 0.367. The number of hydrogen-bond acceptors (Lipinski definition) is 4. The molecule has 1 saturated carbocycles. The lowest BCUT2D eigenvalue weighted by molar-refractivity contribution is -0.145. The van der Waals surface area contributed by atoms with Gasteiger partial charge in [0.1, 0.15) is 11.4 Å². The van der Waals surface area contributed by atoms with E-state index in [4.69, 9.17) is 11.4 Å². The van der Waals surface area contributed by atoms with E-state index in [0.29, 0.717) is 16.8 Å². The molecule has 0 spiro atoms. The van der Waals surface area contributed by atoms with Crippen LogP contribution in [-0.2, 0) is 15.0 Å². The summed E-state index contributed by atoms with van der Waals surface area (Å²) in [5.41, 5.74) is -0.237. The van der Waals surface area contributed by atoms with Crippen LogP contribution in [0.25, 0.3) is 11.1 Å². The zero-order valence-electron chi connectivity index (χ0n) is 19.6. The zero-order valence-corrected chi connectivity index (χ0v) is 20.6. The molecule has 6 nitrogen and oxygen atoms in total. The maximum Gasteiger partial charge on any atom is 0.335 e. The zero-order chi connectivity index (χ0) is 25.3. The summed E-state index contributed by atoms with van der Waals surface area (Å²) in [6.07, 6.45) is 10.7. The van der Waals surface area contributed by atoms with Crippen LogP contribution < -0.4 is 0 Å². The van der Waals surface area contributed by atoms with E-state index >= 15 is 0 Å². The van der Waals surface area contributed by atoms with E-state index in [1.54, 1.807) is 6.07 Å². The largest absolute Gasteiger partial charge is 0.480 e. The molecule has 182 valence electrons. The van der Waals surface area contributed by atoms with E-state index in [0.717, 1.165) is 44.7 Å². The van der Waals surface area contributed by atoms with Crippen molar-refractivity contribution in [2.24, 2.45) is 0 Å². The number of terminal acetylenes is 1. The Morgan fingerprint density at radius 2 is 1.82 bits per heavy atom. The van der Waals surface area contributed by atoms with Crippen LogP contribution in [0.2, 0.25) is 0 Å². The van der Waals surface area contributed by atoms with E-state index in [-0.39, 0.29) is 17.4 Å². The second kappa shape index (κ2) is 10.00. The molecule has 3 N–H and O–H groups in total. The standard InChI is InChI=1S/C26H31FNO5P/c1-5-26(24(29)30,34(32)33)25(4,31)22-20(17-11-13-19(27)14-12-17)15-21(28-23(22)16(2)3)18-9-7-6-8-10-18/h1,11-16,18,31,34H,6-10H2,2-4H3,(H,29,30)(H,32,33). The molecule has 1 heterocycles. The molecule has 1 aliphatic carbocycles. The molecule has 0 saturated heterocycles. The van der Waals surface area contributed by atoms with Crippen LogP contribution in [-0.4, -0.2) is 31.2 Å². The van der Waals surface area contributed by atoms with Gasteiger partial charge >= 0.3 is 5.97 Å². The molecule has 3 atom stereocenters. The number of benzene rings is 1. The van der Waals surface area contributed by atoms with Gasteiger partial charge in [0.15, 0.2) is 0 Å². The van der Waals surface area contributed by atoms with Crippen LogP contribution in [0.3, 0.4) is 0 Å². The molecule has 1 aliphatic rings. The second-order valence-electron chi connectivity index (χ2n) is 9.43. The summed E-state index contributed by atoms with van der Waals surface area (Å²) in [5.74, 6) is -0.373. The van der Waals surface area contributed by atoms with Crippen molar-refractivity contribution in [3.8, 4) is 23.5 Å². The van der Waals surface area contributed by atoms with Crippen molar-refractivity contribution in [2.75, 3.05) is 0 Å². The first-order chi connectivity index (χ1) is 16.0. The Morgan fingerprint density at radius 3 is 2.29 bits per heavy atom. The first-order valence-corrected chi connectivity index (χ1v) is 12.8. The van der Waals surface area contributed by atoms with E-state index in [2.05, 4.69) is 0 Å². The lowest BCUT2D eigenvalue weighted by Gasteiger charge is -2.39. The third-order valence-electron chi connectivity index (χ3n) is 6.87. The van der Waals surface area contributed by atoms with E-state index in [1.165, 1.54) is 24.3 Å². The normalized spacial score (nSPS) is 19.1. The molecule has 0 amide bonds. The van der Waals surface area contributed by atoms with Crippen molar-refractivity contribution in [2.45, 2.75) is 75.5 Å². The Kier molecular flexibility index (Phi) is 7.67. The molecule has 34 heavy (non-hydrogen) atoms. The van der Waals surface area contributed by atoms with Crippen LogP contribution >= 0.6 is 8.03 Å². The molecule has 3 unspecified atom stereocenters. The predicted molar refractivity (Wildman–Crippen MR) is 130 cm³/mol. The number of aliphatic carboxylic acids is 1. The van der Waals surface area contributed by atoms with Gasteiger partial charge in [0, 0.05) is 22.9 Å². The van der Waals surface area contributed by atoms with Gasteiger partial charge in [0.25, 0.3) is 0 Å². The third kappa shape index (κ3) is 4.43. The summed E-state index contributed by atoms with van der Waals surface area (Å²) >= 11 is 0. The van der Waals surface area contributed by atoms with Crippen molar-refractivity contribution in [3.05, 3.63) is 53.1 Å². The molecule has 3 rings (SSSR count). The molecule has 0 radical (unpaired) electrons. The minimum Gasteiger partial charge on any atom is -0.480 e. The molecule has 1 aromatic heterocycles. The average molecular weight is 488 g/mol. The number of carboxylic acid groups (broad SMARTS) is 1. The van der Waals surface area contributed by atoms with Gasteiger partial charge < -0.3 is 15.1 Å². The highest BCUT2D eigenvalue weighted by atomic mass is 31.1. The fourth-order valence-corrected chi connectivity index (χ4v) is 5.79. The molecule has 0 aliphatic heterocycles. The topological polar surface area (TPSA) is 108 Å². The molecule has 0 bridgehead atoms. The highest BCUT2D eigenvalue weighted by molar-refractivity contribution is 7.42.